The van der Waals surface area contributed by atoms with E-state index in [4.69, 9.17) is 4.74 Å². The maximum atomic E-state index is 14.2. The van der Waals surface area contributed by atoms with E-state index in [1.807, 2.05) is 12.3 Å². The normalized spacial score (nSPS) is 21.6. The summed E-state index contributed by atoms with van der Waals surface area (Å²) in [6.45, 7) is 25.6. The second kappa shape index (κ2) is 47.9. The van der Waals surface area contributed by atoms with Crippen LogP contribution in [0.25, 0.3) is 56.3 Å². The van der Waals surface area contributed by atoms with E-state index in [0.717, 1.165) is 141 Å². The average Bonchev–Trinajstić information content (AvgIpc) is 1.57. The highest BCUT2D eigenvalue weighted by atomic mass is 19.2. The molecule has 0 unspecified atom stereocenters. The number of carboxylic acid groups (broad SMARTS) is 1. The van der Waals surface area contributed by atoms with Crippen molar-refractivity contribution in [1.82, 2.24) is 70.9 Å². The number of hydrogen-bond donors (Lipinski definition) is 1. The average molecular weight is 2020 g/mol. The molecule has 10 bridgehead atoms. The summed E-state index contributed by atoms with van der Waals surface area (Å²) in [4.78, 5) is 93.8. The zero-order valence-corrected chi connectivity index (χ0v) is 84.6. The lowest BCUT2D eigenvalue weighted by molar-refractivity contribution is -0.138. The molecule has 147 heavy (non-hydrogen) atoms. The second-order valence-electron chi connectivity index (χ2n) is 38.2. The molecule has 8 heterocycles. The van der Waals surface area contributed by atoms with E-state index in [9.17, 15) is 77.8 Å². The number of fused-ring (bicyclic) bond motifs is 25. The molecule has 5 fully saturated rings. The lowest BCUT2D eigenvalue weighted by Crippen LogP contribution is -2.36. The van der Waals surface area contributed by atoms with Gasteiger partial charge in [-0.3, -0.25) is 39.1 Å². The molecule has 35 heteroatoms. The molecular weight excluding hydrogens is 1900 g/mol. The number of aliphatic imine (C=N–C) groups is 2. The number of carboxylic acids is 1. The summed E-state index contributed by atoms with van der Waals surface area (Å²) in [5, 5.41) is 51.0. The molecule has 0 saturated heterocycles. The van der Waals surface area contributed by atoms with Crippen molar-refractivity contribution in [2.45, 2.75) is 268 Å². The minimum absolute atomic E-state index is 0.0815. The van der Waals surface area contributed by atoms with Gasteiger partial charge in [-0.15, -0.1) is 25.5 Å². The maximum absolute atomic E-state index is 14.2. The first-order valence-electron chi connectivity index (χ1n) is 49.8. The van der Waals surface area contributed by atoms with E-state index in [2.05, 4.69) is 155 Å². The third-order valence-electron chi connectivity index (χ3n) is 27.9. The predicted molar refractivity (Wildman–Crippen MR) is 534 cm³/mol. The molecule has 12 aromatic rings. The van der Waals surface area contributed by atoms with Crippen molar-refractivity contribution in [2.75, 3.05) is 27.3 Å². The van der Waals surface area contributed by atoms with Gasteiger partial charge in [0.1, 0.15) is 64.0 Å². The van der Waals surface area contributed by atoms with Crippen molar-refractivity contribution < 1.29 is 87.3 Å². The van der Waals surface area contributed by atoms with Gasteiger partial charge in [0.15, 0.2) is 17.7 Å². The Morgan fingerprint density at radius 2 is 0.646 bits per heavy atom. The zero-order valence-electron chi connectivity index (χ0n) is 84.6. The smallest absolute Gasteiger partial charge is 0.358 e. The lowest BCUT2D eigenvalue weighted by atomic mass is 9.78. The number of aromatic nitrogens is 14. The van der Waals surface area contributed by atoms with E-state index in [1.54, 1.807) is 43.6 Å². The second-order valence-corrected chi connectivity index (χ2v) is 38.2. The maximum Gasteiger partial charge on any atom is 0.358 e. The molecule has 5 aromatic carbocycles. The predicted octanol–water partition coefficient (Wildman–Crippen LogP) is 24.0. The van der Waals surface area contributed by atoms with Gasteiger partial charge in [-0.25, -0.2) is 63.5 Å². The third-order valence-corrected chi connectivity index (χ3v) is 27.9. The van der Waals surface area contributed by atoms with Crippen LogP contribution in [0.3, 0.4) is 0 Å². The Bertz CT molecular complexity index is 6850. The molecule has 770 valence electrons. The van der Waals surface area contributed by atoms with Crippen LogP contribution in [0.15, 0.2) is 156 Å². The number of carbonyl (C=O) groups excluding carboxylic acids is 5. The first-order valence-corrected chi connectivity index (χ1v) is 49.8. The quantitative estimate of drug-likeness (QED) is 0.0485. The number of esters is 2. The Morgan fingerprint density at radius 3 is 0.959 bits per heavy atom. The number of carbonyl (C=O) groups is 6. The van der Waals surface area contributed by atoms with Gasteiger partial charge in [0.2, 0.25) is 5.78 Å². The van der Waals surface area contributed by atoms with E-state index in [-0.39, 0.29) is 109 Å². The Hall–Kier alpha value is -14.3. The molecule has 1 N–H and O–H groups in total. The molecule has 10 atom stereocenters. The van der Waals surface area contributed by atoms with Crippen LogP contribution in [-0.4, -0.2) is 151 Å². The summed E-state index contributed by atoms with van der Waals surface area (Å²) in [5.74, 6) is -7.98. The van der Waals surface area contributed by atoms with Crippen LogP contribution in [-0.2, 0) is 55.7 Å². The Morgan fingerprint density at radius 1 is 0.367 bits per heavy atom. The van der Waals surface area contributed by atoms with Crippen LogP contribution in [0.5, 0.6) is 0 Å². The van der Waals surface area contributed by atoms with Crippen molar-refractivity contribution in [3.05, 3.63) is 283 Å². The largest absolute Gasteiger partial charge is 0.476 e. The number of methoxy groups -OCH3 is 2. The third kappa shape index (κ3) is 22.0. The summed E-state index contributed by atoms with van der Waals surface area (Å²) in [6, 6.07) is 27.1. The van der Waals surface area contributed by atoms with Gasteiger partial charge in [-0.05, 0) is 252 Å². The summed E-state index contributed by atoms with van der Waals surface area (Å²) >= 11 is 0. The highest BCUT2D eigenvalue weighted by Crippen LogP contribution is 2.63. The molecule has 0 amide bonds. The first kappa shape index (κ1) is 110. The van der Waals surface area contributed by atoms with E-state index in [0.29, 0.717) is 66.5 Å². The Labute approximate surface area is 846 Å². The van der Waals surface area contributed by atoms with Crippen LogP contribution < -0.4 is 0 Å². The summed E-state index contributed by atoms with van der Waals surface area (Å²) in [6.07, 6.45) is 26.3. The number of ketones is 2. The van der Waals surface area contributed by atoms with Crippen LogP contribution >= 0.6 is 0 Å². The highest BCUT2D eigenvalue weighted by Gasteiger charge is 2.59. The van der Waals surface area contributed by atoms with E-state index < -0.39 is 97.6 Å². The number of nitrogens with zero attached hydrogens (tertiary/aromatic N) is 16. The van der Waals surface area contributed by atoms with Crippen molar-refractivity contribution in [3.8, 4) is 56.3 Å². The molecule has 0 radical (unpaired) electrons. The van der Waals surface area contributed by atoms with Crippen LogP contribution in [0.2, 0.25) is 0 Å². The van der Waals surface area contributed by atoms with Crippen LogP contribution in [0.1, 0.15) is 330 Å². The summed E-state index contributed by atoms with van der Waals surface area (Å²) < 4.78 is 149. The molecule has 7 aromatic heterocycles. The van der Waals surface area contributed by atoms with E-state index in [1.165, 1.54) is 145 Å². The highest BCUT2D eigenvalue weighted by molar-refractivity contribution is 6.35. The van der Waals surface area contributed by atoms with Crippen LogP contribution in [0, 0.1) is 58.2 Å². The minimum Gasteiger partial charge on any atom is -0.476 e. The minimum atomic E-state index is -1.14. The number of aldehydes is 1. The molecular formula is C112H118F10N16O9. The summed E-state index contributed by atoms with van der Waals surface area (Å²) in [5.41, 5.74) is 7.66. The van der Waals surface area contributed by atoms with Gasteiger partial charge >= 0.3 is 17.9 Å². The van der Waals surface area contributed by atoms with Gasteiger partial charge < -0.3 is 14.6 Å². The number of rotatable bonds is 13. The van der Waals surface area contributed by atoms with Crippen molar-refractivity contribution in [3.63, 3.8) is 0 Å². The molecule has 1 aliphatic heterocycles. The molecule has 23 rings (SSSR count). The number of halogens is 10. The molecule has 0 spiro atoms. The SMILES string of the molecule is CC(=O)[C@]12CC[C@H](C1)c1cc(-c3c(F)cccc3F)nnc12.CCC.CCC.CCC.CCC.CCC.COC(=O)c1cncc([C@]23CC[C@H](C2)c2cc(-c4c(F)cccc4F)nnc23)n1.COC(C)=O.Fc1cccc(F)c1-c1cc2c(nn1)[C@@]1(C3=NCCN=C3)CC[C@@H]2C1.O=C(O)c1cncc([C@]23CC[C@H](C2)c2cc(-c4c(F)cccc4F)nnc23)n1.O=CC(=O)[C@]12CC[C@H](C1)c1cc(-c3c(F)cccc3F)nnc12. The van der Waals surface area contributed by atoms with Crippen LogP contribution in [0.4, 0.5) is 43.9 Å². The van der Waals surface area contributed by atoms with Gasteiger partial charge in [0, 0.05) is 25.5 Å². The van der Waals surface area contributed by atoms with Crippen molar-refractivity contribution >= 4 is 47.7 Å². The van der Waals surface area contributed by atoms with Gasteiger partial charge in [0.25, 0.3) is 0 Å². The first-order chi connectivity index (χ1) is 70.6. The fraction of sp³-hybridized carbons (Fsp3) is 0.411. The standard InChI is InChI=1S/C21H16F2N4O2.C20H14F2N4O2.C19H16F2N4.C17H12F2N2O2.C17H14F2N2O.C3H6O2.5C3H8/c1-29-20(28)16-9-24-10-17(25-16)21-6-5-11(8-21)12-7-15(26-27-19(12)21)18-13(22)3-2-4-14(18)23;21-12-2-1-3-13(22)17(12)14-6-11-10-4-5-20(7-10,18(11)26-25-14)16-9-23-8-15(24-16)19(27)28;20-13-2-1-3-14(21)17(13)15-8-12-11-4-5-19(9-11,18(12)25-24-15)16-10-22-6-7-23-16;18-11-2-1-3-12(19)15(11)13-6-10-9-4-5-17(7-9,14(23)8-22)16(10)21-20-13;1-9(22)17-6-5-10(8-17)11-7-14(20-21-16(11)17)15-12(18)3-2-4-13(15)19;1-3(4)5-2;5*1-3-2/h2-4,7,9-11H,5-6,8H2,1H3;1-3,6,8-10H,4-5,7H2,(H,27,28);1-3,8,10-11H,4-7,9H2;1-3,6,8-9H,4-5,7H2;2-4,7,10H,5-6,8H2,1H3;1-2H3;5*3H2,1-2H3/t11-,21+;10-,20+;11-,19+;9-,17+;10-,17+;;;;;;/m11111....../s1. The fourth-order valence-corrected chi connectivity index (χ4v) is 21.6. The number of hydrogen-bond acceptors (Lipinski definition) is 24. The number of benzene rings is 5. The number of Topliss-reactive ketones (excluding diaryl/α,β-unsaturated/α-hetero) is 2. The molecule has 25 nitrogen and oxygen atoms in total. The molecule has 5 saturated carbocycles. The van der Waals surface area contributed by atoms with Gasteiger partial charge in [-0.2, -0.15) is 25.5 Å². The van der Waals surface area contributed by atoms with Crippen molar-refractivity contribution in [1.29, 1.82) is 0 Å². The van der Waals surface area contributed by atoms with Crippen molar-refractivity contribution in [2.24, 2.45) is 9.98 Å². The number of ether oxygens (including phenoxy) is 2. The summed E-state index contributed by atoms with van der Waals surface area (Å²) in [7, 11) is 2.64. The number of aromatic carboxylic acids is 1. The molecule has 10 aliphatic carbocycles. The Balaban J connectivity index is 0.000000147. The lowest BCUT2D eigenvalue weighted by Gasteiger charge is -2.28. The van der Waals surface area contributed by atoms with Gasteiger partial charge in [-0.1, -0.05) is 132 Å². The monoisotopic (exact) mass is 2020 g/mol. The zero-order chi connectivity index (χ0) is 106. The van der Waals surface area contributed by atoms with Gasteiger partial charge in [0.05, 0.1) is 169 Å². The topological polar surface area (TPSA) is 346 Å². The fourth-order valence-electron chi connectivity index (χ4n) is 21.6. The Kier molecular flexibility index (Phi) is 35.8. The van der Waals surface area contributed by atoms with E-state index >= 15 is 0 Å². The molecule has 11 aliphatic rings.